The number of carbonyl (C=O) groups is 1. The van der Waals surface area contributed by atoms with Gasteiger partial charge in [-0.2, -0.15) is 0 Å². The zero-order valence-corrected chi connectivity index (χ0v) is 18.7. The summed E-state index contributed by atoms with van der Waals surface area (Å²) < 4.78 is 10.6. The Kier molecular flexibility index (Phi) is 11.5. The van der Waals surface area contributed by atoms with E-state index < -0.39 is 0 Å². The maximum atomic E-state index is 12.0. The number of likely N-dealkylation sites (tertiary alicyclic amines) is 1. The van der Waals surface area contributed by atoms with Crippen LogP contribution in [0.15, 0.2) is 4.99 Å². The molecule has 8 heteroatoms. The molecule has 0 spiro atoms. The van der Waals surface area contributed by atoms with E-state index in [0.29, 0.717) is 19.1 Å². The van der Waals surface area contributed by atoms with Crippen LogP contribution in [0.25, 0.3) is 0 Å². The average molecular weight is 482 g/mol. The first-order valence-corrected chi connectivity index (χ1v) is 9.56. The van der Waals surface area contributed by atoms with Gasteiger partial charge in [-0.3, -0.25) is 14.7 Å². The first kappa shape index (κ1) is 23.4. The highest BCUT2D eigenvalue weighted by Gasteiger charge is 2.28. The summed E-state index contributed by atoms with van der Waals surface area (Å²) in [5.74, 6) is 1.30. The van der Waals surface area contributed by atoms with Crippen molar-refractivity contribution in [3.8, 4) is 0 Å². The van der Waals surface area contributed by atoms with Gasteiger partial charge in [0, 0.05) is 46.3 Å². The van der Waals surface area contributed by atoms with Gasteiger partial charge in [0.05, 0.1) is 25.7 Å². The molecule has 0 radical (unpaired) electrons. The number of guanidine groups is 1. The van der Waals surface area contributed by atoms with Crippen molar-refractivity contribution in [3.63, 3.8) is 0 Å². The van der Waals surface area contributed by atoms with Gasteiger partial charge in [0.2, 0.25) is 0 Å². The van der Waals surface area contributed by atoms with Crippen LogP contribution in [-0.2, 0) is 14.3 Å². The van der Waals surface area contributed by atoms with Crippen molar-refractivity contribution in [1.29, 1.82) is 0 Å². The first-order valence-electron chi connectivity index (χ1n) is 9.56. The van der Waals surface area contributed by atoms with Crippen LogP contribution in [0.1, 0.15) is 26.7 Å². The quantitative estimate of drug-likeness (QED) is 0.268. The molecule has 0 aromatic rings. The van der Waals surface area contributed by atoms with Crippen molar-refractivity contribution in [2.75, 3.05) is 66.1 Å². The maximum absolute atomic E-state index is 12.0. The third-order valence-corrected chi connectivity index (χ3v) is 4.83. The van der Waals surface area contributed by atoms with Crippen molar-refractivity contribution in [2.24, 2.45) is 16.8 Å². The van der Waals surface area contributed by atoms with Crippen LogP contribution in [0.2, 0.25) is 0 Å². The second kappa shape index (κ2) is 12.7. The number of ether oxygens (including phenoxy) is 2. The third-order valence-electron chi connectivity index (χ3n) is 4.83. The lowest BCUT2D eigenvalue weighted by Gasteiger charge is -2.34. The van der Waals surface area contributed by atoms with Crippen molar-refractivity contribution >= 4 is 35.9 Å². The average Bonchev–Trinajstić information content (AvgIpc) is 2.63. The molecule has 0 aliphatic carbocycles. The number of hydrogen-bond acceptors (Lipinski definition) is 5. The number of piperidine rings is 1. The van der Waals surface area contributed by atoms with Crippen LogP contribution in [-0.4, -0.2) is 87.9 Å². The van der Waals surface area contributed by atoms with E-state index in [2.05, 4.69) is 27.0 Å². The number of aliphatic imine (C=N–C) groups is 1. The lowest BCUT2D eigenvalue weighted by Crippen LogP contribution is -2.49. The molecule has 2 heterocycles. The molecule has 152 valence electrons. The summed E-state index contributed by atoms with van der Waals surface area (Å²) in [5, 5.41) is 3.49. The highest BCUT2D eigenvalue weighted by Crippen LogP contribution is 2.18. The largest absolute Gasteiger partial charge is 0.466 e. The molecule has 2 atom stereocenters. The van der Waals surface area contributed by atoms with Crippen LogP contribution in [0.4, 0.5) is 0 Å². The van der Waals surface area contributed by atoms with Crippen molar-refractivity contribution in [3.05, 3.63) is 0 Å². The fourth-order valence-electron chi connectivity index (χ4n) is 3.51. The van der Waals surface area contributed by atoms with E-state index in [4.69, 9.17) is 9.47 Å². The Bertz CT molecular complexity index is 444. The number of hydrogen-bond donors (Lipinski definition) is 1. The van der Waals surface area contributed by atoms with Gasteiger partial charge < -0.3 is 19.7 Å². The lowest BCUT2D eigenvalue weighted by atomic mass is 9.98. The molecule has 0 amide bonds. The molecule has 2 fully saturated rings. The molecule has 26 heavy (non-hydrogen) atoms. The van der Waals surface area contributed by atoms with Crippen LogP contribution < -0.4 is 5.32 Å². The smallest absolute Gasteiger partial charge is 0.310 e. The van der Waals surface area contributed by atoms with E-state index in [1.807, 2.05) is 14.0 Å². The summed E-state index contributed by atoms with van der Waals surface area (Å²) in [4.78, 5) is 21.1. The fraction of sp³-hybridized carbons (Fsp3) is 0.889. The number of esters is 1. The van der Waals surface area contributed by atoms with Crippen LogP contribution in [0, 0.1) is 11.8 Å². The van der Waals surface area contributed by atoms with Crippen LogP contribution in [0.5, 0.6) is 0 Å². The molecule has 0 aromatic heterocycles. The molecule has 2 aliphatic rings. The fourth-order valence-corrected chi connectivity index (χ4v) is 3.51. The normalized spacial score (nSPS) is 23.1. The second-order valence-electron chi connectivity index (χ2n) is 6.98. The maximum Gasteiger partial charge on any atom is 0.310 e. The van der Waals surface area contributed by atoms with Gasteiger partial charge in [0.1, 0.15) is 0 Å². The molecule has 0 saturated carbocycles. The van der Waals surface area contributed by atoms with E-state index >= 15 is 0 Å². The monoisotopic (exact) mass is 482 g/mol. The summed E-state index contributed by atoms with van der Waals surface area (Å²) in [6.45, 7) is 11.9. The van der Waals surface area contributed by atoms with Crippen molar-refractivity contribution in [1.82, 2.24) is 15.1 Å². The number of halogens is 1. The van der Waals surface area contributed by atoms with Gasteiger partial charge in [-0.05, 0) is 25.7 Å². The van der Waals surface area contributed by atoms with Gasteiger partial charge in [0.25, 0.3) is 0 Å². The minimum atomic E-state index is -0.0802. The molecule has 2 unspecified atom stereocenters. The highest BCUT2D eigenvalue weighted by atomic mass is 127. The molecule has 2 rings (SSSR count). The number of carbonyl (C=O) groups excluding carboxylic acids is 1. The number of morpholine rings is 1. The predicted molar refractivity (Wildman–Crippen MR) is 114 cm³/mol. The molecular formula is C18H35IN4O3. The summed E-state index contributed by atoms with van der Waals surface area (Å²) >= 11 is 0. The Morgan fingerprint density at radius 2 is 2.08 bits per heavy atom. The van der Waals surface area contributed by atoms with Gasteiger partial charge in [0.15, 0.2) is 5.96 Å². The Morgan fingerprint density at radius 1 is 1.35 bits per heavy atom. The van der Waals surface area contributed by atoms with Gasteiger partial charge >= 0.3 is 5.97 Å². The van der Waals surface area contributed by atoms with E-state index in [9.17, 15) is 4.79 Å². The molecule has 7 nitrogen and oxygen atoms in total. The molecule has 0 bridgehead atoms. The Morgan fingerprint density at radius 3 is 2.73 bits per heavy atom. The van der Waals surface area contributed by atoms with Crippen molar-refractivity contribution < 1.29 is 14.3 Å². The third kappa shape index (κ3) is 7.56. The molecule has 2 aliphatic heterocycles. The van der Waals surface area contributed by atoms with Crippen molar-refractivity contribution in [2.45, 2.75) is 26.7 Å². The number of rotatable bonds is 6. The number of nitrogens with one attached hydrogen (secondary N) is 1. The van der Waals surface area contributed by atoms with E-state index in [1.54, 1.807) is 0 Å². The summed E-state index contributed by atoms with van der Waals surface area (Å²) in [6, 6.07) is 0. The predicted octanol–water partition coefficient (Wildman–Crippen LogP) is 1.42. The second-order valence-corrected chi connectivity index (χ2v) is 6.98. The topological polar surface area (TPSA) is 66.4 Å². The number of nitrogens with zero attached hydrogens (tertiary/aromatic N) is 3. The minimum Gasteiger partial charge on any atom is -0.466 e. The summed E-state index contributed by atoms with van der Waals surface area (Å²) in [6.07, 6.45) is 1.90. The Labute approximate surface area is 174 Å². The molecular weight excluding hydrogens is 447 g/mol. The van der Waals surface area contributed by atoms with Gasteiger partial charge in [-0.15, -0.1) is 24.0 Å². The Balaban J connectivity index is 0.00000338. The van der Waals surface area contributed by atoms with E-state index in [0.717, 1.165) is 64.7 Å². The zero-order valence-electron chi connectivity index (χ0n) is 16.4. The molecule has 2 saturated heterocycles. The molecule has 1 N–H and O–H groups in total. The van der Waals surface area contributed by atoms with Gasteiger partial charge in [-0.25, -0.2) is 0 Å². The lowest BCUT2D eigenvalue weighted by molar-refractivity contribution is -0.149. The summed E-state index contributed by atoms with van der Waals surface area (Å²) in [7, 11) is 1.81. The Hall–Kier alpha value is -0.610. The standard InChI is InChI=1S/C18H34N4O3.HI/c1-4-25-17(23)16-6-5-7-22(14-16)18(19-3)20-12-15(2)13-21-8-10-24-11-9-21;/h15-16H,4-14H2,1-3H3,(H,19,20);1H. The highest BCUT2D eigenvalue weighted by molar-refractivity contribution is 14.0. The summed E-state index contributed by atoms with van der Waals surface area (Å²) in [5.41, 5.74) is 0. The van der Waals surface area contributed by atoms with E-state index in [1.165, 1.54) is 0 Å². The van der Waals surface area contributed by atoms with E-state index in [-0.39, 0.29) is 35.9 Å². The SMILES string of the molecule is CCOC(=O)C1CCCN(C(=NC)NCC(C)CN2CCOCC2)C1.I. The van der Waals surface area contributed by atoms with Crippen LogP contribution in [0.3, 0.4) is 0 Å². The minimum absolute atomic E-state index is 0. The first-order chi connectivity index (χ1) is 12.1. The van der Waals surface area contributed by atoms with Gasteiger partial charge in [-0.1, -0.05) is 6.92 Å². The van der Waals surface area contributed by atoms with Crippen LogP contribution >= 0.6 is 24.0 Å². The zero-order chi connectivity index (χ0) is 18.1. The molecule has 0 aromatic carbocycles.